The molecule has 2 aromatic carbocycles. The highest BCUT2D eigenvalue weighted by Gasteiger charge is 2.19. The Balaban J connectivity index is 1.63. The molecule has 1 aliphatic carbocycles. The minimum atomic E-state index is -0.239. The van der Waals surface area contributed by atoms with E-state index in [0.29, 0.717) is 23.6 Å². The fourth-order valence-corrected chi connectivity index (χ4v) is 3.84. The average Bonchev–Trinajstić information content (AvgIpc) is 3.17. The molecule has 3 rings (SSSR count). The average molecular weight is 410 g/mol. The van der Waals surface area contributed by atoms with Crippen molar-refractivity contribution in [2.24, 2.45) is 5.92 Å². The van der Waals surface area contributed by atoms with Crippen LogP contribution in [-0.4, -0.2) is 16.9 Å². The maximum atomic E-state index is 12.8. The van der Waals surface area contributed by atoms with E-state index in [0.717, 1.165) is 24.1 Å². The third-order valence-corrected chi connectivity index (χ3v) is 5.59. The van der Waals surface area contributed by atoms with Gasteiger partial charge in [-0.15, -0.1) is 0 Å². The Morgan fingerprint density at radius 2 is 1.72 bits per heavy atom. The lowest BCUT2D eigenvalue weighted by Crippen LogP contribution is -2.35. The molecule has 1 aliphatic rings. The van der Waals surface area contributed by atoms with Gasteiger partial charge in [0.1, 0.15) is 0 Å². The number of nitrogens with one attached hydrogen (secondary N) is 3. The van der Waals surface area contributed by atoms with Crippen LogP contribution in [-0.2, 0) is 4.79 Å². The van der Waals surface area contributed by atoms with E-state index in [1.54, 1.807) is 18.2 Å². The Kier molecular flexibility index (Phi) is 6.99. The second kappa shape index (κ2) is 9.65. The van der Waals surface area contributed by atoms with Crippen molar-refractivity contribution in [3.63, 3.8) is 0 Å². The van der Waals surface area contributed by atoms with E-state index < -0.39 is 0 Å². The summed E-state index contributed by atoms with van der Waals surface area (Å²) in [6.07, 6.45) is 5.11. The van der Waals surface area contributed by atoms with Crippen molar-refractivity contribution in [2.45, 2.75) is 46.0 Å². The summed E-state index contributed by atoms with van der Waals surface area (Å²) in [5.74, 6) is 0.136. The maximum Gasteiger partial charge on any atom is 0.257 e. The molecule has 6 heteroatoms. The summed E-state index contributed by atoms with van der Waals surface area (Å²) in [6.45, 7) is 4.04. The first-order valence-corrected chi connectivity index (χ1v) is 10.4. The number of para-hydroxylation sites is 1. The van der Waals surface area contributed by atoms with E-state index in [1.165, 1.54) is 18.4 Å². The molecule has 0 aromatic heterocycles. The summed E-state index contributed by atoms with van der Waals surface area (Å²) in [5.41, 5.74) is 4.03. The summed E-state index contributed by atoms with van der Waals surface area (Å²) in [6, 6.07) is 12.9. The molecular formula is C23H27N3O2S. The number of rotatable bonds is 5. The lowest BCUT2D eigenvalue weighted by molar-refractivity contribution is -0.120. The van der Waals surface area contributed by atoms with Gasteiger partial charge in [-0.1, -0.05) is 31.0 Å². The summed E-state index contributed by atoms with van der Waals surface area (Å²) in [7, 11) is 0. The molecule has 0 atom stereocenters. The smallest absolute Gasteiger partial charge is 0.257 e. The second-order valence-electron chi connectivity index (χ2n) is 7.66. The maximum absolute atomic E-state index is 12.8. The molecule has 152 valence electrons. The second-order valence-corrected chi connectivity index (χ2v) is 8.06. The number of thiocarbonyl (C=S) groups is 1. The van der Waals surface area contributed by atoms with E-state index in [9.17, 15) is 9.59 Å². The number of benzene rings is 2. The summed E-state index contributed by atoms with van der Waals surface area (Å²) >= 11 is 5.29. The Morgan fingerprint density at radius 3 is 2.45 bits per heavy atom. The van der Waals surface area contributed by atoms with Crippen LogP contribution in [0, 0.1) is 19.8 Å². The van der Waals surface area contributed by atoms with Gasteiger partial charge in [-0.05, 0) is 80.2 Å². The number of hydrogen-bond donors (Lipinski definition) is 3. The minimum absolute atomic E-state index is 0.0773. The van der Waals surface area contributed by atoms with Gasteiger partial charge in [-0.2, -0.15) is 0 Å². The Hall–Kier alpha value is -2.73. The zero-order chi connectivity index (χ0) is 20.8. The van der Waals surface area contributed by atoms with E-state index in [4.69, 9.17) is 12.2 Å². The van der Waals surface area contributed by atoms with Crippen LogP contribution in [0.3, 0.4) is 0 Å². The standard InChI is InChI=1S/C23H27N3O2S/c1-15-11-12-18(13-16(15)2)24-22(28)19-9-5-6-10-20(19)25-23(29)26-21(27)14-17-7-3-4-8-17/h5-6,9-13,17H,3-4,7-8,14H2,1-2H3,(H,24,28)(H2,25,26,27,29). The van der Waals surface area contributed by atoms with Crippen molar-refractivity contribution in [2.75, 3.05) is 10.6 Å². The quantitative estimate of drug-likeness (QED) is 0.611. The van der Waals surface area contributed by atoms with Crippen LogP contribution in [0.5, 0.6) is 0 Å². The van der Waals surface area contributed by atoms with Crippen LogP contribution >= 0.6 is 12.2 Å². The van der Waals surface area contributed by atoms with Crippen molar-refractivity contribution >= 4 is 40.5 Å². The largest absolute Gasteiger partial charge is 0.332 e. The number of carbonyl (C=O) groups is 2. The monoisotopic (exact) mass is 409 g/mol. The van der Waals surface area contributed by atoms with E-state index in [1.807, 2.05) is 38.1 Å². The van der Waals surface area contributed by atoms with Gasteiger partial charge in [0.15, 0.2) is 5.11 Å². The van der Waals surface area contributed by atoms with Gasteiger partial charge in [0.2, 0.25) is 5.91 Å². The molecule has 0 bridgehead atoms. The first-order chi connectivity index (χ1) is 13.9. The highest BCUT2D eigenvalue weighted by Crippen LogP contribution is 2.27. The minimum Gasteiger partial charge on any atom is -0.332 e. The molecule has 0 saturated heterocycles. The first kappa shape index (κ1) is 21.0. The molecule has 1 fully saturated rings. The molecule has 0 heterocycles. The topological polar surface area (TPSA) is 70.2 Å². The van der Waals surface area contributed by atoms with Crippen LogP contribution < -0.4 is 16.0 Å². The van der Waals surface area contributed by atoms with Crippen molar-refractivity contribution in [3.8, 4) is 0 Å². The molecule has 0 spiro atoms. The van der Waals surface area contributed by atoms with E-state index in [-0.39, 0.29) is 16.9 Å². The molecule has 2 aromatic rings. The molecule has 5 nitrogen and oxygen atoms in total. The molecule has 29 heavy (non-hydrogen) atoms. The highest BCUT2D eigenvalue weighted by molar-refractivity contribution is 7.80. The number of carbonyl (C=O) groups excluding carboxylic acids is 2. The SMILES string of the molecule is Cc1ccc(NC(=O)c2ccccc2NC(=S)NC(=O)CC2CCCC2)cc1C. The lowest BCUT2D eigenvalue weighted by Gasteiger charge is -2.15. The van der Waals surface area contributed by atoms with E-state index >= 15 is 0 Å². The number of amides is 2. The Bertz CT molecular complexity index is 920. The number of aryl methyl sites for hydroxylation is 2. The van der Waals surface area contributed by atoms with Gasteiger partial charge < -0.3 is 16.0 Å². The third-order valence-electron chi connectivity index (χ3n) is 5.39. The Labute approximate surface area is 177 Å². The van der Waals surface area contributed by atoms with Gasteiger partial charge in [-0.25, -0.2) is 0 Å². The van der Waals surface area contributed by atoms with Crippen LogP contribution in [0.15, 0.2) is 42.5 Å². The van der Waals surface area contributed by atoms with Gasteiger partial charge in [0.05, 0.1) is 11.3 Å². The molecular weight excluding hydrogens is 382 g/mol. The number of hydrogen-bond acceptors (Lipinski definition) is 3. The van der Waals surface area contributed by atoms with E-state index in [2.05, 4.69) is 16.0 Å². The third kappa shape index (κ3) is 5.87. The van der Waals surface area contributed by atoms with Gasteiger partial charge in [0.25, 0.3) is 5.91 Å². The summed E-state index contributed by atoms with van der Waals surface area (Å²) < 4.78 is 0. The van der Waals surface area contributed by atoms with Gasteiger partial charge in [0, 0.05) is 12.1 Å². The van der Waals surface area contributed by atoms with Crippen molar-refractivity contribution < 1.29 is 9.59 Å². The Morgan fingerprint density at radius 1 is 1.00 bits per heavy atom. The molecule has 0 aliphatic heterocycles. The van der Waals surface area contributed by atoms with Gasteiger partial charge in [-0.3, -0.25) is 9.59 Å². The molecule has 0 unspecified atom stereocenters. The van der Waals surface area contributed by atoms with Crippen molar-refractivity contribution in [3.05, 3.63) is 59.2 Å². The fraction of sp³-hybridized carbons (Fsp3) is 0.348. The van der Waals surface area contributed by atoms with Crippen LogP contribution in [0.25, 0.3) is 0 Å². The lowest BCUT2D eigenvalue weighted by atomic mass is 10.0. The van der Waals surface area contributed by atoms with Crippen molar-refractivity contribution in [1.82, 2.24) is 5.32 Å². The van der Waals surface area contributed by atoms with Gasteiger partial charge >= 0.3 is 0 Å². The number of anilines is 2. The highest BCUT2D eigenvalue weighted by atomic mass is 32.1. The molecule has 0 radical (unpaired) electrons. The van der Waals surface area contributed by atoms with Crippen LogP contribution in [0.1, 0.15) is 53.6 Å². The first-order valence-electron chi connectivity index (χ1n) is 10.0. The molecule has 1 saturated carbocycles. The van der Waals surface area contributed by atoms with Crippen LogP contribution in [0.2, 0.25) is 0 Å². The van der Waals surface area contributed by atoms with Crippen LogP contribution in [0.4, 0.5) is 11.4 Å². The normalized spacial score (nSPS) is 13.7. The fourth-order valence-electron chi connectivity index (χ4n) is 3.62. The zero-order valence-corrected chi connectivity index (χ0v) is 17.7. The molecule has 2 amide bonds. The summed E-state index contributed by atoms with van der Waals surface area (Å²) in [4.78, 5) is 25.0. The van der Waals surface area contributed by atoms with Crippen molar-refractivity contribution in [1.29, 1.82) is 0 Å². The predicted octanol–water partition coefficient (Wildman–Crippen LogP) is 4.95. The zero-order valence-electron chi connectivity index (χ0n) is 16.9. The molecule has 3 N–H and O–H groups in total. The summed E-state index contributed by atoms with van der Waals surface area (Å²) in [5, 5.41) is 8.85. The predicted molar refractivity (Wildman–Crippen MR) is 121 cm³/mol.